The van der Waals surface area contributed by atoms with Crippen LogP contribution in [0, 0.1) is 5.92 Å². The van der Waals surface area contributed by atoms with Gasteiger partial charge in [0.15, 0.2) is 5.84 Å². The summed E-state index contributed by atoms with van der Waals surface area (Å²) in [5, 5.41) is 11.9. The Kier molecular flexibility index (Phi) is 5.39. The van der Waals surface area contributed by atoms with Gasteiger partial charge in [-0.05, 0) is 19.8 Å². The molecule has 1 rings (SSSR count). The summed E-state index contributed by atoms with van der Waals surface area (Å²) in [7, 11) is -3.18. The van der Waals surface area contributed by atoms with Crippen molar-refractivity contribution in [2.45, 2.75) is 33.2 Å². The van der Waals surface area contributed by atoms with Gasteiger partial charge in [-0.3, -0.25) is 4.90 Å². The van der Waals surface area contributed by atoms with Crippen molar-refractivity contribution in [3.63, 3.8) is 0 Å². The molecule has 20 heavy (non-hydrogen) atoms. The van der Waals surface area contributed by atoms with Gasteiger partial charge in [-0.2, -0.15) is 4.31 Å². The molecule has 0 atom stereocenters. The van der Waals surface area contributed by atoms with Crippen molar-refractivity contribution in [3.8, 4) is 0 Å². The van der Waals surface area contributed by atoms with E-state index in [1.807, 2.05) is 32.6 Å². The van der Waals surface area contributed by atoms with Crippen LogP contribution in [0.1, 0.15) is 27.7 Å². The first-order valence-corrected chi connectivity index (χ1v) is 8.43. The summed E-state index contributed by atoms with van der Waals surface area (Å²) in [5.74, 6) is 0.430. The van der Waals surface area contributed by atoms with E-state index in [2.05, 4.69) is 5.16 Å². The number of amidine groups is 1. The van der Waals surface area contributed by atoms with Crippen LogP contribution >= 0.6 is 0 Å². The minimum Gasteiger partial charge on any atom is -0.409 e. The average Bonchev–Trinajstić information content (AvgIpc) is 2.36. The molecule has 0 bridgehead atoms. The highest BCUT2D eigenvalue weighted by molar-refractivity contribution is 7.89. The molecule has 0 radical (unpaired) electrons. The number of hydrogen-bond donors (Lipinski definition) is 2. The summed E-state index contributed by atoms with van der Waals surface area (Å²) in [6.07, 6.45) is 0. The summed E-state index contributed by atoms with van der Waals surface area (Å²) >= 11 is 0. The maximum Gasteiger partial charge on any atom is 0.214 e. The second kappa shape index (κ2) is 6.28. The first-order chi connectivity index (χ1) is 9.11. The molecule has 0 aromatic heterocycles. The van der Waals surface area contributed by atoms with Crippen LogP contribution in [-0.4, -0.2) is 66.1 Å². The zero-order valence-electron chi connectivity index (χ0n) is 12.7. The Bertz CT molecular complexity index is 451. The van der Waals surface area contributed by atoms with Gasteiger partial charge in [-0.25, -0.2) is 8.42 Å². The number of nitrogens with two attached hydrogens (primary N) is 1. The second-order valence-corrected chi connectivity index (χ2v) is 8.12. The van der Waals surface area contributed by atoms with Gasteiger partial charge >= 0.3 is 0 Å². The summed E-state index contributed by atoms with van der Waals surface area (Å²) < 4.78 is 25.9. The number of hydrogen-bond acceptors (Lipinski definition) is 5. The fraction of sp³-hybridized carbons (Fsp3) is 0.917. The maximum absolute atomic E-state index is 12.2. The molecule has 7 nitrogen and oxygen atoms in total. The Balaban J connectivity index is 2.69. The molecule has 118 valence electrons. The van der Waals surface area contributed by atoms with Crippen LogP contribution in [0.5, 0.6) is 0 Å². The molecule has 3 N–H and O–H groups in total. The van der Waals surface area contributed by atoms with Crippen molar-refractivity contribution in [2.75, 3.05) is 31.9 Å². The molecular weight excluding hydrogens is 280 g/mol. The minimum absolute atomic E-state index is 0.117. The zero-order chi connectivity index (χ0) is 15.6. The lowest BCUT2D eigenvalue weighted by molar-refractivity contribution is 0.119. The highest BCUT2D eigenvalue weighted by Crippen LogP contribution is 2.19. The smallest absolute Gasteiger partial charge is 0.214 e. The van der Waals surface area contributed by atoms with E-state index in [0.29, 0.717) is 26.2 Å². The van der Waals surface area contributed by atoms with Gasteiger partial charge in [0.2, 0.25) is 10.0 Å². The van der Waals surface area contributed by atoms with Crippen LogP contribution in [0.2, 0.25) is 0 Å². The molecular formula is C12H26N4O3S. The number of sulfonamides is 1. The van der Waals surface area contributed by atoms with E-state index in [1.165, 1.54) is 4.31 Å². The van der Waals surface area contributed by atoms with Gasteiger partial charge in [0.05, 0.1) is 11.3 Å². The molecule has 8 heteroatoms. The van der Waals surface area contributed by atoms with Crippen LogP contribution in [0.25, 0.3) is 0 Å². The standard InChI is InChI=1S/C12H26N4O3S/c1-10(2)9-20(18,19)16-7-5-15(6-8-16)12(3,4)11(13)14-17/h10,17H,5-9H2,1-4H3,(H2,13,14). The Labute approximate surface area is 121 Å². The Morgan fingerprint density at radius 3 is 2.20 bits per heavy atom. The van der Waals surface area contributed by atoms with E-state index in [0.717, 1.165) is 0 Å². The molecule has 0 aromatic carbocycles. The Morgan fingerprint density at radius 2 is 1.80 bits per heavy atom. The van der Waals surface area contributed by atoms with Crippen molar-refractivity contribution in [3.05, 3.63) is 0 Å². The van der Waals surface area contributed by atoms with Crippen molar-refractivity contribution in [2.24, 2.45) is 16.8 Å². The lowest BCUT2D eigenvalue weighted by Gasteiger charge is -2.42. The van der Waals surface area contributed by atoms with E-state index in [-0.39, 0.29) is 17.5 Å². The SMILES string of the molecule is CC(C)CS(=O)(=O)N1CCN(C(C)(C)C(N)=NO)CC1. The monoisotopic (exact) mass is 306 g/mol. The number of oxime groups is 1. The van der Waals surface area contributed by atoms with Crippen LogP contribution in [0.3, 0.4) is 0 Å². The zero-order valence-corrected chi connectivity index (χ0v) is 13.5. The van der Waals surface area contributed by atoms with E-state index in [9.17, 15) is 8.42 Å². The van der Waals surface area contributed by atoms with Gasteiger partial charge in [0, 0.05) is 26.2 Å². The van der Waals surface area contributed by atoms with E-state index in [4.69, 9.17) is 10.9 Å². The quantitative estimate of drug-likeness (QED) is 0.325. The van der Waals surface area contributed by atoms with Gasteiger partial charge in [0.25, 0.3) is 0 Å². The summed E-state index contributed by atoms with van der Waals surface area (Å²) in [4.78, 5) is 2.03. The van der Waals surface area contributed by atoms with Gasteiger partial charge in [-0.1, -0.05) is 19.0 Å². The lowest BCUT2D eigenvalue weighted by Crippen LogP contribution is -2.60. The Hall–Kier alpha value is -0.860. The fourth-order valence-corrected chi connectivity index (χ4v) is 4.11. The number of piperazine rings is 1. The molecule has 0 amide bonds. The van der Waals surface area contributed by atoms with Gasteiger partial charge in [-0.15, -0.1) is 0 Å². The molecule has 0 spiro atoms. The molecule has 1 saturated heterocycles. The van der Waals surface area contributed by atoms with Crippen molar-refractivity contribution in [1.82, 2.24) is 9.21 Å². The van der Waals surface area contributed by atoms with Crippen molar-refractivity contribution >= 4 is 15.9 Å². The largest absolute Gasteiger partial charge is 0.409 e. The fourth-order valence-electron chi connectivity index (χ4n) is 2.34. The number of rotatable bonds is 5. The predicted octanol–water partition coefficient (Wildman–Crippen LogP) is 0.115. The highest BCUT2D eigenvalue weighted by atomic mass is 32.2. The molecule has 0 aromatic rings. The lowest BCUT2D eigenvalue weighted by atomic mass is 10.0. The summed E-state index contributed by atoms with van der Waals surface area (Å²) in [6.45, 7) is 9.54. The third-order valence-electron chi connectivity index (χ3n) is 3.70. The molecule has 1 heterocycles. The topological polar surface area (TPSA) is 99.2 Å². The molecule has 1 aliphatic rings. The molecule has 1 aliphatic heterocycles. The molecule has 0 aliphatic carbocycles. The van der Waals surface area contributed by atoms with E-state index in [1.54, 1.807) is 0 Å². The third-order valence-corrected chi connectivity index (χ3v) is 5.94. The van der Waals surface area contributed by atoms with Crippen molar-refractivity contribution < 1.29 is 13.6 Å². The summed E-state index contributed by atoms with van der Waals surface area (Å²) in [6, 6.07) is 0. The average molecular weight is 306 g/mol. The van der Waals surface area contributed by atoms with Crippen molar-refractivity contribution in [1.29, 1.82) is 0 Å². The number of nitrogens with zero attached hydrogens (tertiary/aromatic N) is 3. The minimum atomic E-state index is -3.18. The van der Waals surface area contributed by atoms with Gasteiger partial charge in [0.1, 0.15) is 0 Å². The van der Waals surface area contributed by atoms with Crippen LogP contribution in [0.4, 0.5) is 0 Å². The van der Waals surface area contributed by atoms with E-state index >= 15 is 0 Å². The molecule has 1 fully saturated rings. The van der Waals surface area contributed by atoms with Crippen LogP contribution in [0.15, 0.2) is 5.16 Å². The second-order valence-electron chi connectivity index (χ2n) is 6.10. The normalized spacial score (nSPS) is 20.6. The predicted molar refractivity (Wildman–Crippen MR) is 79.3 cm³/mol. The Morgan fingerprint density at radius 1 is 1.30 bits per heavy atom. The van der Waals surface area contributed by atoms with E-state index < -0.39 is 15.6 Å². The van der Waals surface area contributed by atoms with Crippen LogP contribution < -0.4 is 5.73 Å². The first kappa shape index (κ1) is 17.2. The maximum atomic E-state index is 12.2. The third kappa shape index (κ3) is 3.83. The van der Waals surface area contributed by atoms with Crippen LogP contribution in [-0.2, 0) is 10.0 Å². The summed E-state index contributed by atoms with van der Waals surface area (Å²) in [5.41, 5.74) is 5.11. The highest BCUT2D eigenvalue weighted by Gasteiger charge is 2.36. The molecule has 0 unspecified atom stereocenters. The first-order valence-electron chi connectivity index (χ1n) is 6.82. The molecule has 0 saturated carbocycles. The van der Waals surface area contributed by atoms with Gasteiger partial charge < -0.3 is 10.9 Å².